The summed E-state index contributed by atoms with van der Waals surface area (Å²) in [4.78, 5) is 14.6. The van der Waals surface area contributed by atoms with Crippen LogP contribution in [0, 0.1) is 6.92 Å². The molecule has 0 bridgehead atoms. The number of hydrogen-bond donors (Lipinski definition) is 2. The van der Waals surface area contributed by atoms with Gasteiger partial charge in [-0.15, -0.1) is 0 Å². The van der Waals surface area contributed by atoms with E-state index in [1.54, 1.807) is 12.1 Å². The maximum absolute atomic E-state index is 12.1. The van der Waals surface area contributed by atoms with Gasteiger partial charge in [0.05, 0.1) is 4.90 Å². The number of aromatic carboxylic acids is 1. The number of carbonyl (C=O) groups is 1. The van der Waals surface area contributed by atoms with E-state index in [0.29, 0.717) is 5.56 Å². The Morgan fingerprint density at radius 1 is 1.19 bits per heavy atom. The number of carboxylic acid groups (broad SMARTS) is 1. The normalized spacial score (nSPS) is 11.3. The van der Waals surface area contributed by atoms with Gasteiger partial charge in [-0.25, -0.2) is 22.9 Å². The summed E-state index contributed by atoms with van der Waals surface area (Å²) in [5.74, 6) is -1.12. The molecule has 2 N–H and O–H groups in total. The minimum Gasteiger partial charge on any atom is -0.477 e. The molecule has 0 aliphatic carbocycles. The Bertz CT molecular complexity index is 738. The van der Waals surface area contributed by atoms with E-state index in [0.717, 1.165) is 5.56 Å². The number of pyridine rings is 1. The van der Waals surface area contributed by atoms with E-state index in [-0.39, 0.29) is 17.1 Å². The molecule has 0 fully saturated rings. The Morgan fingerprint density at radius 2 is 1.86 bits per heavy atom. The van der Waals surface area contributed by atoms with Gasteiger partial charge in [0.1, 0.15) is 5.69 Å². The van der Waals surface area contributed by atoms with E-state index in [9.17, 15) is 13.2 Å². The summed E-state index contributed by atoms with van der Waals surface area (Å²) >= 11 is 0. The average molecular weight is 306 g/mol. The largest absolute Gasteiger partial charge is 0.477 e. The smallest absolute Gasteiger partial charge is 0.354 e. The van der Waals surface area contributed by atoms with Gasteiger partial charge in [-0.05, 0) is 30.7 Å². The van der Waals surface area contributed by atoms with Crippen LogP contribution in [-0.2, 0) is 16.6 Å². The lowest BCUT2D eigenvalue weighted by molar-refractivity contribution is 0.0690. The third kappa shape index (κ3) is 3.87. The van der Waals surface area contributed by atoms with Crippen LogP contribution in [0.1, 0.15) is 21.6 Å². The second kappa shape index (κ2) is 6.02. The number of hydrogen-bond acceptors (Lipinski definition) is 4. The summed E-state index contributed by atoms with van der Waals surface area (Å²) in [5, 5.41) is 8.73. The highest BCUT2D eigenvalue weighted by molar-refractivity contribution is 7.89. The van der Waals surface area contributed by atoms with Crippen molar-refractivity contribution in [1.29, 1.82) is 0 Å². The quantitative estimate of drug-likeness (QED) is 0.874. The number of carboxylic acids is 1. The Kier molecular flexibility index (Phi) is 4.35. The predicted octanol–water partition coefficient (Wildman–Crippen LogP) is 1.57. The Balaban J connectivity index is 2.08. The van der Waals surface area contributed by atoms with Gasteiger partial charge in [0.25, 0.3) is 0 Å². The highest BCUT2D eigenvalue weighted by atomic mass is 32.2. The molecule has 2 aromatic rings. The van der Waals surface area contributed by atoms with Gasteiger partial charge in [0, 0.05) is 12.7 Å². The molecule has 0 atom stereocenters. The number of rotatable bonds is 5. The first-order valence-corrected chi connectivity index (χ1v) is 7.61. The molecule has 0 amide bonds. The third-order valence-electron chi connectivity index (χ3n) is 2.84. The lowest BCUT2D eigenvalue weighted by Crippen LogP contribution is -2.23. The topological polar surface area (TPSA) is 96.4 Å². The standard InChI is InChI=1S/C14H14N2O4S/c1-10-2-5-12(6-3-10)21(19,20)16-9-11-4-7-13(14(17)18)15-8-11/h2-8,16H,9H2,1H3,(H,17,18). The Labute approximate surface area is 122 Å². The first-order chi connectivity index (χ1) is 9.88. The number of benzene rings is 1. The van der Waals surface area contributed by atoms with E-state index in [1.165, 1.54) is 30.5 Å². The highest BCUT2D eigenvalue weighted by Crippen LogP contribution is 2.10. The van der Waals surface area contributed by atoms with Crippen molar-refractivity contribution in [3.8, 4) is 0 Å². The SMILES string of the molecule is Cc1ccc(S(=O)(=O)NCc2ccc(C(=O)O)nc2)cc1. The number of nitrogens with one attached hydrogen (secondary N) is 1. The van der Waals surface area contributed by atoms with Crippen molar-refractivity contribution >= 4 is 16.0 Å². The van der Waals surface area contributed by atoms with E-state index < -0.39 is 16.0 Å². The average Bonchev–Trinajstić information content (AvgIpc) is 2.46. The van der Waals surface area contributed by atoms with Crippen LogP contribution in [0.3, 0.4) is 0 Å². The Hall–Kier alpha value is -2.25. The van der Waals surface area contributed by atoms with Gasteiger partial charge < -0.3 is 5.11 Å². The summed E-state index contributed by atoms with van der Waals surface area (Å²) in [5.41, 5.74) is 1.47. The molecule has 1 heterocycles. The van der Waals surface area contributed by atoms with Crippen LogP contribution < -0.4 is 4.72 Å². The number of sulfonamides is 1. The van der Waals surface area contributed by atoms with E-state index >= 15 is 0 Å². The fraction of sp³-hybridized carbons (Fsp3) is 0.143. The van der Waals surface area contributed by atoms with Crippen molar-refractivity contribution in [3.05, 3.63) is 59.4 Å². The highest BCUT2D eigenvalue weighted by Gasteiger charge is 2.13. The van der Waals surface area contributed by atoms with Crippen LogP contribution in [0.15, 0.2) is 47.5 Å². The molecule has 0 aliphatic heterocycles. The molecule has 2 rings (SSSR count). The van der Waals surface area contributed by atoms with Gasteiger partial charge in [0.15, 0.2) is 0 Å². The minimum atomic E-state index is -3.60. The second-order valence-corrected chi connectivity index (χ2v) is 6.26. The summed E-state index contributed by atoms with van der Waals surface area (Å²) in [6, 6.07) is 9.36. The zero-order chi connectivity index (χ0) is 15.5. The van der Waals surface area contributed by atoms with E-state index in [2.05, 4.69) is 9.71 Å². The third-order valence-corrected chi connectivity index (χ3v) is 4.26. The van der Waals surface area contributed by atoms with Gasteiger partial charge in [0.2, 0.25) is 10.0 Å². The zero-order valence-corrected chi connectivity index (χ0v) is 12.1. The molecule has 21 heavy (non-hydrogen) atoms. The fourth-order valence-corrected chi connectivity index (χ4v) is 2.65. The Morgan fingerprint density at radius 3 is 2.38 bits per heavy atom. The summed E-state index contributed by atoms with van der Waals surface area (Å²) in [7, 11) is -3.60. The maximum Gasteiger partial charge on any atom is 0.354 e. The van der Waals surface area contributed by atoms with E-state index in [1.807, 2.05) is 6.92 Å². The molecule has 0 unspecified atom stereocenters. The van der Waals surface area contributed by atoms with Gasteiger partial charge in [-0.2, -0.15) is 0 Å². The molecule has 6 nitrogen and oxygen atoms in total. The van der Waals surface area contributed by atoms with Crippen molar-refractivity contribution in [3.63, 3.8) is 0 Å². The van der Waals surface area contributed by atoms with Crippen molar-refractivity contribution in [1.82, 2.24) is 9.71 Å². The van der Waals surface area contributed by atoms with Crippen LogP contribution >= 0.6 is 0 Å². The monoisotopic (exact) mass is 306 g/mol. The molecule has 0 spiro atoms. The molecule has 0 saturated heterocycles. The number of aryl methyl sites for hydroxylation is 1. The first-order valence-electron chi connectivity index (χ1n) is 6.13. The molecular formula is C14H14N2O4S. The van der Waals surface area contributed by atoms with Crippen molar-refractivity contribution in [2.75, 3.05) is 0 Å². The predicted molar refractivity (Wildman–Crippen MR) is 76.4 cm³/mol. The molecule has 1 aromatic carbocycles. The molecule has 0 saturated carbocycles. The van der Waals surface area contributed by atoms with Gasteiger partial charge >= 0.3 is 5.97 Å². The minimum absolute atomic E-state index is 0.0448. The lowest BCUT2D eigenvalue weighted by atomic mass is 10.2. The van der Waals surface area contributed by atoms with Crippen LogP contribution in [0.2, 0.25) is 0 Å². The van der Waals surface area contributed by atoms with E-state index in [4.69, 9.17) is 5.11 Å². The van der Waals surface area contributed by atoms with Gasteiger partial charge in [-0.3, -0.25) is 0 Å². The first kappa shape index (κ1) is 15.1. The van der Waals surface area contributed by atoms with Crippen molar-refractivity contribution in [2.24, 2.45) is 0 Å². The number of aromatic nitrogens is 1. The maximum atomic E-state index is 12.1. The van der Waals surface area contributed by atoms with Crippen LogP contribution in [-0.4, -0.2) is 24.5 Å². The molecule has 110 valence electrons. The molecule has 0 aliphatic rings. The summed E-state index contributed by atoms with van der Waals surface area (Å²) < 4.78 is 26.6. The second-order valence-electron chi connectivity index (χ2n) is 4.49. The molecular weight excluding hydrogens is 292 g/mol. The zero-order valence-electron chi connectivity index (χ0n) is 11.3. The lowest BCUT2D eigenvalue weighted by Gasteiger charge is -2.07. The van der Waals surface area contributed by atoms with Crippen LogP contribution in [0.25, 0.3) is 0 Å². The van der Waals surface area contributed by atoms with Crippen LogP contribution in [0.4, 0.5) is 0 Å². The van der Waals surface area contributed by atoms with Gasteiger partial charge in [-0.1, -0.05) is 23.8 Å². The molecule has 7 heteroatoms. The molecule has 0 radical (unpaired) electrons. The summed E-state index contributed by atoms with van der Waals surface area (Å²) in [6.45, 7) is 1.92. The number of nitrogens with zero attached hydrogens (tertiary/aromatic N) is 1. The fourth-order valence-electron chi connectivity index (χ4n) is 1.63. The van der Waals surface area contributed by atoms with Crippen molar-refractivity contribution in [2.45, 2.75) is 18.4 Å². The van der Waals surface area contributed by atoms with Crippen molar-refractivity contribution < 1.29 is 18.3 Å². The summed E-state index contributed by atoms with van der Waals surface area (Å²) in [6.07, 6.45) is 1.33. The van der Waals surface area contributed by atoms with Crippen LogP contribution in [0.5, 0.6) is 0 Å². The molecule has 1 aromatic heterocycles.